The Labute approximate surface area is 175 Å². The van der Waals surface area contributed by atoms with Crippen LogP contribution >= 0.6 is 58.6 Å². The lowest BCUT2D eigenvalue weighted by atomic mass is 10.2. The number of alkyl halides is 3. The van der Waals surface area contributed by atoms with Crippen LogP contribution in [0.5, 0.6) is 5.75 Å². The third-order valence-electron chi connectivity index (χ3n) is 3.12. The second-order valence-corrected chi connectivity index (χ2v) is 8.29. The summed E-state index contributed by atoms with van der Waals surface area (Å²) in [5, 5.41) is 18.2. The van der Waals surface area contributed by atoms with Gasteiger partial charge >= 0.3 is 0 Å². The molecular formula is C16H13Cl4N3O2S. The van der Waals surface area contributed by atoms with Crippen molar-refractivity contribution in [2.45, 2.75) is 9.96 Å². The minimum absolute atomic E-state index is 0.00922. The third kappa shape index (κ3) is 6.07. The summed E-state index contributed by atoms with van der Waals surface area (Å²) in [6, 6.07) is 12.8. The topological polar surface area (TPSA) is 73.4 Å². The molecule has 0 aromatic heterocycles. The Kier molecular flexibility index (Phi) is 7.20. The minimum atomic E-state index is -1.90. The van der Waals surface area contributed by atoms with Crippen molar-refractivity contribution in [1.29, 1.82) is 0 Å². The first-order valence-electron chi connectivity index (χ1n) is 7.15. The molecule has 0 bridgehead atoms. The Morgan fingerprint density at radius 2 is 1.77 bits per heavy atom. The fraction of sp³-hybridized carbons (Fsp3) is 0.125. The normalized spacial score (nSPS) is 12.2. The number of anilines is 1. The van der Waals surface area contributed by atoms with Crippen LogP contribution < -0.4 is 16.0 Å². The molecule has 0 spiro atoms. The van der Waals surface area contributed by atoms with Gasteiger partial charge < -0.3 is 21.1 Å². The Hall–Kier alpha value is -1.44. The first kappa shape index (κ1) is 20.9. The number of carbonyl (C=O) groups is 1. The van der Waals surface area contributed by atoms with Gasteiger partial charge in [0.25, 0.3) is 5.91 Å². The molecule has 0 unspecified atom stereocenters. The standard InChI is InChI=1S/C16H13Cl4N3O2S/c17-10-5-3-4-9(8-10)13(25)22-14(16(18,19)20)23-15(26)21-11-6-1-2-7-12(11)24/h1-8,14,24H,(H,22,25)(H2,21,23,26)/t14-/m0/s1. The van der Waals surface area contributed by atoms with Crippen molar-refractivity contribution in [2.75, 3.05) is 5.32 Å². The summed E-state index contributed by atoms with van der Waals surface area (Å²) in [5.41, 5.74) is 0.646. The van der Waals surface area contributed by atoms with E-state index >= 15 is 0 Å². The molecule has 1 atom stereocenters. The lowest BCUT2D eigenvalue weighted by Crippen LogP contribution is -2.56. The van der Waals surface area contributed by atoms with Gasteiger partial charge in [-0.15, -0.1) is 0 Å². The molecule has 2 rings (SSSR count). The number of phenols is 1. The van der Waals surface area contributed by atoms with E-state index in [4.69, 9.17) is 58.6 Å². The average molecular weight is 453 g/mol. The van der Waals surface area contributed by atoms with Gasteiger partial charge in [0.1, 0.15) is 11.9 Å². The van der Waals surface area contributed by atoms with Crippen LogP contribution in [0.25, 0.3) is 0 Å². The number of aromatic hydroxyl groups is 1. The fourth-order valence-electron chi connectivity index (χ4n) is 1.91. The van der Waals surface area contributed by atoms with E-state index in [0.717, 1.165) is 0 Å². The number of carbonyl (C=O) groups excluding carboxylic acids is 1. The molecule has 0 aliphatic carbocycles. The second kappa shape index (κ2) is 8.97. The molecule has 26 heavy (non-hydrogen) atoms. The van der Waals surface area contributed by atoms with Crippen molar-refractivity contribution in [3.63, 3.8) is 0 Å². The molecular weight excluding hydrogens is 440 g/mol. The maximum Gasteiger partial charge on any atom is 0.253 e. The highest BCUT2D eigenvalue weighted by molar-refractivity contribution is 7.80. The summed E-state index contributed by atoms with van der Waals surface area (Å²) in [6.07, 6.45) is -1.15. The number of thiocarbonyl (C=S) groups is 1. The molecule has 138 valence electrons. The molecule has 2 aromatic rings. The average Bonchev–Trinajstić information content (AvgIpc) is 2.55. The van der Waals surface area contributed by atoms with E-state index < -0.39 is 15.9 Å². The van der Waals surface area contributed by atoms with E-state index in [1.165, 1.54) is 12.1 Å². The number of para-hydroxylation sites is 2. The summed E-state index contributed by atoms with van der Waals surface area (Å²) in [6.45, 7) is 0. The Morgan fingerprint density at radius 1 is 1.08 bits per heavy atom. The molecule has 10 heteroatoms. The molecule has 0 saturated carbocycles. The maximum atomic E-state index is 12.4. The molecule has 2 aromatic carbocycles. The summed E-state index contributed by atoms with van der Waals surface area (Å²) in [7, 11) is 0. The van der Waals surface area contributed by atoms with Crippen molar-refractivity contribution in [3.8, 4) is 5.75 Å². The first-order valence-corrected chi connectivity index (χ1v) is 9.07. The largest absolute Gasteiger partial charge is 0.506 e. The minimum Gasteiger partial charge on any atom is -0.506 e. The molecule has 0 saturated heterocycles. The molecule has 0 radical (unpaired) electrons. The Bertz CT molecular complexity index is 814. The van der Waals surface area contributed by atoms with Crippen LogP contribution in [-0.4, -0.2) is 26.1 Å². The second-order valence-electron chi connectivity index (χ2n) is 5.07. The molecule has 1 amide bonds. The highest BCUT2D eigenvalue weighted by Gasteiger charge is 2.35. The van der Waals surface area contributed by atoms with Crippen molar-refractivity contribution in [2.24, 2.45) is 0 Å². The van der Waals surface area contributed by atoms with Gasteiger partial charge in [0.05, 0.1) is 5.69 Å². The molecule has 0 fully saturated rings. The molecule has 4 N–H and O–H groups in total. The van der Waals surface area contributed by atoms with Gasteiger partial charge in [-0.25, -0.2) is 0 Å². The summed E-state index contributed by atoms with van der Waals surface area (Å²) < 4.78 is -1.90. The van der Waals surface area contributed by atoms with Gasteiger partial charge in [-0.3, -0.25) is 4.79 Å². The van der Waals surface area contributed by atoms with Crippen LogP contribution in [-0.2, 0) is 0 Å². The summed E-state index contributed by atoms with van der Waals surface area (Å²) in [4.78, 5) is 12.4. The lowest BCUT2D eigenvalue weighted by molar-refractivity contribution is 0.0934. The van der Waals surface area contributed by atoms with Gasteiger partial charge in [0.15, 0.2) is 5.11 Å². The predicted molar refractivity (Wildman–Crippen MR) is 110 cm³/mol. The number of nitrogens with one attached hydrogen (secondary N) is 3. The monoisotopic (exact) mass is 451 g/mol. The van der Waals surface area contributed by atoms with Gasteiger partial charge in [-0.05, 0) is 42.5 Å². The van der Waals surface area contributed by atoms with Crippen LogP contribution in [0, 0.1) is 0 Å². The van der Waals surface area contributed by atoms with E-state index in [1.807, 2.05) is 0 Å². The molecule has 5 nitrogen and oxygen atoms in total. The first-order chi connectivity index (χ1) is 12.2. The SMILES string of the molecule is O=C(N[C@@H](NC(=S)Nc1ccccc1O)C(Cl)(Cl)Cl)c1cccc(Cl)c1. The zero-order valence-corrected chi connectivity index (χ0v) is 16.8. The number of hydrogen-bond acceptors (Lipinski definition) is 3. The summed E-state index contributed by atoms with van der Waals surface area (Å²) >= 11 is 28.8. The van der Waals surface area contributed by atoms with Crippen molar-refractivity contribution in [1.82, 2.24) is 10.6 Å². The van der Waals surface area contributed by atoms with Crippen LogP contribution in [0.4, 0.5) is 5.69 Å². The summed E-state index contributed by atoms with van der Waals surface area (Å²) in [5.74, 6) is -0.522. The number of rotatable bonds is 4. The highest BCUT2D eigenvalue weighted by Crippen LogP contribution is 2.29. The Balaban J connectivity index is 2.09. The Morgan fingerprint density at radius 3 is 2.38 bits per heavy atom. The van der Waals surface area contributed by atoms with Gasteiger partial charge in [0.2, 0.25) is 3.79 Å². The lowest BCUT2D eigenvalue weighted by Gasteiger charge is -2.28. The maximum absolute atomic E-state index is 12.4. The van der Waals surface area contributed by atoms with Crippen LogP contribution in [0.2, 0.25) is 5.02 Å². The zero-order chi connectivity index (χ0) is 19.3. The number of benzene rings is 2. The van der Waals surface area contributed by atoms with Crippen molar-refractivity contribution >= 4 is 75.3 Å². The number of phenolic OH excluding ortho intramolecular Hbond substituents is 1. The van der Waals surface area contributed by atoms with Crippen molar-refractivity contribution < 1.29 is 9.90 Å². The molecule has 0 aliphatic heterocycles. The smallest absolute Gasteiger partial charge is 0.253 e. The number of amides is 1. The van der Waals surface area contributed by atoms with E-state index in [-0.39, 0.29) is 16.4 Å². The van der Waals surface area contributed by atoms with Gasteiger partial charge in [0, 0.05) is 10.6 Å². The zero-order valence-electron chi connectivity index (χ0n) is 13.0. The van der Waals surface area contributed by atoms with E-state index in [0.29, 0.717) is 10.7 Å². The van der Waals surface area contributed by atoms with E-state index in [2.05, 4.69) is 16.0 Å². The predicted octanol–water partition coefficient (Wildman–Crippen LogP) is 4.46. The highest BCUT2D eigenvalue weighted by atomic mass is 35.6. The molecule has 0 aliphatic rings. The third-order valence-corrected chi connectivity index (χ3v) is 4.23. The van der Waals surface area contributed by atoms with Gasteiger partial charge in [-0.1, -0.05) is 64.6 Å². The molecule has 0 heterocycles. The van der Waals surface area contributed by atoms with E-state index in [1.54, 1.807) is 36.4 Å². The quantitative estimate of drug-likeness (QED) is 0.238. The fourth-order valence-corrected chi connectivity index (χ4v) is 2.66. The van der Waals surface area contributed by atoms with Crippen molar-refractivity contribution in [3.05, 3.63) is 59.1 Å². The number of hydrogen-bond donors (Lipinski definition) is 4. The van der Waals surface area contributed by atoms with Crippen LogP contribution in [0.3, 0.4) is 0 Å². The van der Waals surface area contributed by atoms with Gasteiger partial charge in [-0.2, -0.15) is 0 Å². The number of halogens is 4. The van der Waals surface area contributed by atoms with E-state index in [9.17, 15) is 9.90 Å². The van der Waals surface area contributed by atoms with Crippen LogP contribution in [0.1, 0.15) is 10.4 Å². The van der Waals surface area contributed by atoms with Crippen LogP contribution in [0.15, 0.2) is 48.5 Å².